The van der Waals surface area contributed by atoms with Gasteiger partial charge in [-0.15, -0.1) is 16.7 Å². The van der Waals surface area contributed by atoms with Gasteiger partial charge in [0.15, 0.2) is 5.15 Å². The number of rotatable bonds is 3. The smallest absolute Gasteiger partial charge is 0.151 e. The Morgan fingerprint density at radius 2 is 2.00 bits per heavy atom. The molecule has 72 valence electrons. The van der Waals surface area contributed by atoms with Crippen LogP contribution in [0.15, 0.2) is 12.1 Å². The summed E-state index contributed by atoms with van der Waals surface area (Å²) in [4.78, 5) is 0. The second kappa shape index (κ2) is 4.72. The number of aliphatic hydroxyl groups excluding tert-OH is 2. The Kier molecular flexibility index (Phi) is 3.87. The van der Waals surface area contributed by atoms with E-state index in [0.29, 0.717) is 0 Å². The Hall–Kier alpha value is -0.420. The Morgan fingerprint density at radius 1 is 1.31 bits per heavy atom. The molecule has 4 nitrogen and oxygen atoms in total. The minimum atomic E-state index is -1.12. The summed E-state index contributed by atoms with van der Waals surface area (Å²) in [7, 11) is 0. The number of aliphatic hydroxyl groups is 2. The van der Waals surface area contributed by atoms with Crippen LogP contribution in [0.3, 0.4) is 0 Å². The normalized spacial score (nSPS) is 15.4. The lowest BCUT2D eigenvalue weighted by molar-refractivity contribution is 0.0294. The maximum absolute atomic E-state index is 9.40. The quantitative estimate of drug-likeness (QED) is 0.742. The van der Waals surface area contributed by atoms with E-state index in [2.05, 4.69) is 10.2 Å². The average molecular weight is 223 g/mol. The van der Waals surface area contributed by atoms with Crippen molar-refractivity contribution in [3.05, 3.63) is 23.0 Å². The van der Waals surface area contributed by atoms with Crippen molar-refractivity contribution in [2.45, 2.75) is 12.2 Å². The summed E-state index contributed by atoms with van der Waals surface area (Å²) in [5.74, 6) is -0.0640. The van der Waals surface area contributed by atoms with Crippen LogP contribution in [0.1, 0.15) is 11.8 Å². The van der Waals surface area contributed by atoms with E-state index in [9.17, 15) is 5.11 Å². The Labute approximate surface area is 85.1 Å². The highest BCUT2D eigenvalue weighted by atomic mass is 35.5. The van der Waals surface area contributed by atoms with Crippen molar-refractivity contribution < 1.29 is 10.2 Å². The van der Waals surface area contributed by atoms with Gasteiger partial charge in [0.2, 0.25) is 0 Å². The molecule has 2 unspecified atom stereocenters. The fourth-order valence-corrected chi connectivity index (χ4v) is 1.04. The highest BCUT2D eigenvalue weighted by molar-refractivity contribution is 6.29. The Balaban J connectivity index is 2.77. The summed E-state index contributed by atoms with van der Waals surface area (Å²) in [6.07, 6.45) is -2.17. The van der Waals surface area contributed by atoms with Gasteiger partial charge in [0, 0.05) is 0 Å². The van der Waals surface area contributed by atoms with Crippen molar-refractivity contribution in [3.8, 4) is 0 Å². The summed E-state index contributed by atoms with van der Waals surface area (Å²) >= 11 is 10.8. The molecule has 0 fully saturated rings. The van der Waals surface area contributed by atoms with E-state index < -0.39 is 12.2 Å². The number of aromatic nitrogens is 2. The molecule has 1 aromatic rings. The van der Waals surface area contributed by atoms with Gasteiger partial charge in [-0.05, 0) is 12.1 Å². The first-order valence-corrected chi connectivity index (χ1v) is 4.47. The van der Waals surface area contributed by atoms with Crippen LogP contribution in [0.2, 0.25) is 5.15 Å². The molecule has 0 radical (unpaired) electrons. The van der Waals surface area contributed by atoms with E-state index in [-0.39, 0.29) is 16.7 Å². The van der Waals surface area contributed by atoms with E-state index in [0.717, 1.165) is 0 Å². The second-order valence-electron chi connectivity index (χ2n) is 2.45. The minimum Gasteiger partial charge on any atom is -0.389 e. The third kappa shape index (κ3) is 2.77. The maximum atomic E-state index is 9.40. The third-order valence-electron chi connectivity index (χ3n) is 1.48. The summed E-state index contributed by atoms with van der Waals surface area (Å²) in [5.41, 5.74) is 0.248. The van der Waals surface area contributed by atoms with Crippen molar-refractivity contribution >= 4 is 23.2 Å². The molecule has 0 saturated carbocycles. The SMILES string of the molecule is OC(CCl)C(O)c1ccc(Cl)nn1. The zero-order chi connectivity index (χ0) is 9.84. The topological polar surface area (TPSA) is 66.2 Å². The predicted octanol–water partition coefficient (Wildman–Crippen LogP) is 0.763. The molecule has 2 N–H and O–H groups in total. The van der Waals surface area contributed by atoms with Crippen LogP contribution in [-0.4, -0.2) is 32.4 Å². The summed E-state index contributed by atoms with van der Waals surface area (Å²) in [6, 6.07) is 2.96. The number of nitrogens with zero attached hydrogens (tertiary/aromatic N) is 2. The highest BCUT2D eigenvalue weighted by Crippen LogP contribution is 2.15. The molecular weight excluding hydrogens is 215 g/mol. The molecule has 1 heterocycles. The molecule has 0 aromatic carbocycles. The lowest BCUT2D eigenvalue weighted by atomic mass is 10.1. The van der Waals surface area contributed by atoms with Gasteiger partial charge in [-0.25, -0.2) is 0 Å². The maximum Gasteiger partial charge on any atom is 0.151 e. The Bertz CT molecular complexity index is 268. The van der Waals surface area contributed by atoms with Crippen molar-refractivity contribution in [1.29, 1.82) is 0 Å². The van der Waals surface area contributed by atoms with Gasteiger partial charge in [-0.1, -0.05) is 11.6 Å². The van der Waals surface area contributed by atoms with Gasteiger partial charge in [-0.3, -0.25) is 0 Å². The van der Waals surface area contributed by atoms with Crippen molar-refractivity contribution in [2.75, 3.05) is 5.88 Å². The zero-order valence-corrected chi connectivity index (χ0v) is 8.07. The van der Waals surface area contributed by atoms with E-state index in [1.165, 1.54) is 12.1 Å². The van der Waals surface area contributed by atoms with Gasteiger partial charge in [0.1, 0.15) is 6.10 Å². The fourth-order valence-electron chi connectivity index (χ4n) is 0.766. The van der Waals surface area contributed by atoms with Gasteiger partial charge < -0.3 is 10.2 Å². The summed E-state index contributed by atoms with van der Waals surface area (Å²) < 4.78 is 0. The van der Waals surface area contributed by atoms with E-state index >= 15 is 0 Å². The first-order chi connectivity index (χ1) is 6.15. The largest absolute Gasteiger partial charge is 0.389 e. The molecule has 1 rings (SSSR count). The van der Waals surface area contributed by atoms with E-state index in [4.69, 9.17) is 28.3 Å². The number of hydrogen-bond acceptors (Lipinski definition) is 4. The standard InChI is InChI=1S/C7H8Cl2N2O2/c8-3-5(12)7(13)4-1-2-6(9)11-10-4/h1-2,5,7,12-13H,3H2. The minimum absolute atomic E-state index is 0.0640. The predicted molar refractivity (Wildman–Crippen MR) is 48.7 cm³/mol. The molecule has 2 atom stereocenters. The third-order valence-corrected chi connectivity index (χ3v) is 2.00. The second-order valence-corrected chi connectivity index (χ2v) is 3.14. The molecular formula is C7H8Cl2N2O2. The molecule has 1 aromatic heterocycles. The lowest BCUT2D eigenvalue weighted by Gasteiger charge is -2.13. The van der Waals surface area contributed by atoms with Crippen molar-refractivity contribution in [2.24, 2.45) is 0 Å². The monoisotopic (exact) mass is 222 g/mol. The van der Waals surface area contributed by atoms with Crippen LogP contribution in [0.4, 0.5) is 0 Å². The van der Waals surface area contributed by atoms with Crippen LogP contribution in [0.5, 0.6) is 0 Å². The van der Waals surface area contributed by atoms with Gasteiger partial charge in [0.05, 0.1) is 17.7 Å². The summed E-state index contributed by atoms with van der Waals surface area (Å²) in [6.45, 7) is 0. The average Bonchev–Trinajstić information content (AvgIpc) is 2.17. The molecule has 0 aliphatic heterocycles. The van der Waals surface area contributed by atoms with Crippen molar-refractivity contribution in [1.82, 2.24) is 10.2 Å². The van der Waals surface area contributed by atoms with E-state index in [1.54, 1.807) is 0 Å². The molecule has 0 spiro atoms. The van der Waals surface area contributed by atoms with Crippen molar-refractivity contribution in [3.63, 3.8) is 0 Å². The molecule has 0 aliphatic rings. The molecule has 0 amide bonds. The van der Waals surface area contributed by atoms with Crippen LogP contribution < -0.4 is 0 Å². The fraction of sp³-hybridized carbons (Fsp3) is 0.429. The molecule has 0 saturated heterocycles. The van der Waals surface area contributed by atoms with E-state index in [1.807, 2.05) is 0 Å². The van der Waals surface area contributed by atoms with Gasteiger partial charge in [-0.2, -0.15) is 5.10 Å². The van der Waals surface area contributed by atoms with Crippen LogP contribution >= 0.6 is 23.2 Å². The summed E-state index contributed by atoms with van der Waals surface area (Å²) in [5, 5.41) is 25.9. The number of halogens is 2. The highest BCUT2D eigenvalue weighted by Gasteiger charge is 2.18. The number of hydrogen-bond donors (Lipinski definition) is 2. The van der Waals surface area contributed by atoms with Gasteiger partial charge >= 0.3 is 0 Å². The first kappa shape index (κ1) is 10.7. The first-order valence-electron chi connectivity index (χ1n) is 3.56. The molecule has 6 heteroatoms. The lowest BCUT2D eigenvalue weighted by Crippen LogP contribution is -2.20. The molecule has 0 bridgehead atoms. The van der Waals surface area contributed by atoms with Gasteiger partial charge in [0.25, 0.3) is 0 Å². The van der Waals surface area contributed by atoms with Crippen LogP contribution in [-0.2, 0) is 0 Å². The van der Waals surface area contributed by atoms with Crippen LogP contribution in [0.25, 0.3) is 0 Å². The Morgan fingerprint density at radius 3 is 2.46 bits per heavy atom. The molecule has 13 heavy (non-hydrogen) atoms. The molecule has 0 aliphatic carbocycles. The number of alkyl halides is 1. The van der Waals surface area contributed by atoms with Crippen LogP contribution in [0, 0.1) is 0 Å². The zero-order valence-electron chi connectivity index (χ0n) is 6.56.